The predicted molar refractivity (Wildman–Crippen MR) is 297 cm³/mol. The van der Waals surface area contributed by atoms with Gasteiger partial charge in [-0.1, -0.05) is 239 Å². The van der Waals surface area contributed by atoms with E-state index in [1.807, 2.05) is 0 Å². The largest absolute Gasteiger partial charge is 0.462 e. The average Bonchev–Trinajstić information content (AvgIpc) is 3.35. The van der Waals surface area contributed by atoms with Crippen molar-refractivity contribution in [2.75, 3.05) is 13.2 Å². The molecule has 6 nitrogen and oxygen atoms in total. The summed E-state index contributed by atoms with van der Waals surface area (Å²) in [6.45, 7) is 6.44. The van der Waals surface area contributed by atoms with Crippen molar-refractivity contribution in [1.29, 1.82) is 0 Å². The maximum Gasteiger partial charge on any atom is 0.306 e. The number of carbonyl (C=O) groups is 3. The van der Waals surface area contributed by atoms with Gasteiger partial charge in [-0.05, 0) is 103 Å². The Balaban J connectivity index is 4.41. The molecule has 0 aromatic carbocycles. The molecule has 0 aromatic rings. The van der Waals surface area contributed by atoms with E-state index in [2.05, 4.69) is 130 Å². The molecule has 0 aliphatic carbocycles. The van der Waals surface area contributed by atoms with E-state index in [1.165, 1.54) is 77.0 Å². The van der Waals surface area contributed by atoms with Crippen LogP contribution in [-0.2, 0) is 28.6 Å². The molecular weight excluding hydrogens is 853 g/mol. The van der Waals surface area contributed by atoms with Crippen LogP contribution in [0.1, 0.15) is 252 Å². The van der Waals surface area contributed by atoms with Gasteiger partial charge in [-0.2, -0.15) is 0 Å². The fraction of sp³-hybridized carbons (Fsp3) is 0.667. The molecule has 1 atom stereocenters. The zero-order chi connectivity index (χ0) is 50.0. The topological polar surface area (TPSA) is 78.9 Å². The zero-order valence-electron chi connectivity index (χ0n) is 44.8. The van der Waals surface area contributed by atoms with Gasteiger partial charge < -0.3 is 14.2 Å². The molecule has 0 bridgehead atoms. The number of ether oxygens (including phenoxy) is 3. The van der Waals surface area contributed by atoms with Gasteiger partial charge in [-0.3, -0.25) is 14.4 Å². The Morgan fingerprint density at radius 3 is 0.942 bits per heavy atom. The lowest BCUT2D eigenvalue weighted by Crippen LogP contribution is -2.30. The van der Waals surface area contributed by atoms with E-state index in [4.69, 9.17) is 14.2 Å². The highest BCUT2D eigenvalue weighted by atomic mass is 16.6. The minimum atomic E-state index is -0.799. The minimum absolute atomic E-state index is 0.0942. The second kappa shape index (κ2) is 56.7. The maximum atomic E-state index is 12.8. The van der Waals surface area contributed by atoms with E-state index in [0.29, 0.717) is 19.3 Å². The van der Waals surface area contributed by atoms with Gasteiger partial charge >= 0.3 is 17.9 Å². The standard InChI is InChI=1S/C63H104O6/c1-4-7-10-13-16-19-22-25-27-28-29-30-31-32-33-34-35-36-37-39-41-44-47-50-53-56-62(65)68-59-60(58-67-61(64)55-52-49-46-43-40-24-21-18-15-12-9-6-3)69-63(66)57-54-51-48-45-42-38-26-23-20-17-14-11-8-5-2/h7,10,14,16-17,19,23,25-27,29-30,32-33,35-36,39,41,60H,4-6,8-9,11-13,15,18,20-22,24,28,31,34,37-38,40,42-59H2,1-3H3/b10-7-,17-14-,19-16-,26-23-,27-25-,30-29-,33-32-,36-35-,41-39-. The SMILES string of the molecule is CC/C=C\C/C=C\C/C=C\C/C=C\C/C=C\C/C=C\C/C=C\CCCCCC(=O)OCC(COC(=O)CCCCCCCCCCCCCC)OC(=O)CCCCCCC/C=C\C/C=C\CCCC. The molecule has 0 amide bonds. The number of esters is 3. The average molecular weight is 958 g/mol. The van der Waals surface area contributed by atoms with Crippen molar-refractivity contribution in [2.24, 2.45) is 0 Å². The molecule has 0 rings (SSSR count). The molecule has 392 valence electrons. The first-order valence-corrected chi connectivity index (χ1v) is 28.4. The van der Waals surface area contributed by atoms with Gasteiger partial charge in [0.2, 0.25) is 0 Å². The van der Waals surface area contributed by atoms with Crippen LogP contribution >= 0.6 is 0 Å². The number of hydrogen-bond acceptors (Lipinski definition) is 6. The van der Waals surface area contributed by atoms with Crippen LogP contribution in [-0.4, -0.2) is 37.2 Å². The van der Waals surface area contributed by atoms with E-state index in [0.717, 1.165) is 135 Å². The van der Waals surface area contributed by atoms with Crippen LogP contribution in [0, 0.1) is 0 Å². The van der Waals surface area contributed by atoms with Crippen molar-refractivity contribution in [3.63, 3.8) is 0 Å². The summed E-state index contributed by atoms with van der Waals surface area (Å²) in [5.74, 6) is -0.943. The summed E-state index contributed by atoms with van der Waals surface area (Å²) in [7, 11) is 0. The van der Waals surface area contributed by atoms with Crippen LogP contribution < -0.4 is 0 Å². The first-order valence-electron chi connectivity index (χ1n) is 28.4. The first kappa shape index (κ1) is 65.1. The molecule has 0 saturated heterocycles. The Morgan fingerprint density at radius 2 is 0.580 bits per heavy atom. The normalized spacial score (nSPS) is 12.9. The van der Waals surface area contributed by atoms with Crippen molar-refractivity contribution in [3.8, 4) is 0 Å². The second-order valence-electron chi connectivity index (χ2n) is 18.5. The second-order valence-corrected chi connectivity index (χ2v) is 18.5. The Kier molecular flexibility index (Phi) is 53.4. The summed E-state index contributed by atoms with van der Waals surface area (Å²) in [4.78, 5) is 38.1. The summed E-state index contributed by atoms with van der Waals surface area (Å²) in [5.41, 5.74) is 0. The maximum absolute atomic E-state index is 12.8. The molecular formula is C63H104O6. The van der Waals surface area contributed by atoms with Gasteiger partial charge in [-0.25, -0.2) is 0 Å². The summed E-state index contributed by atoms with van der Waals surface area (Å²) in [5, 5.41) is 0. The van der Waals surface area contributed by atoms with E-state index < -0.39 is 6.10 Å². The van der Waals surface area contributed by atoms with Gasteiger partial charge in [0.05, 0.1) is 0 Å². The van der Waals surface area contributed by atoms with Crippen LogP contribution in [0.15, 0.2) is 109 Å². The Morgan fingerprint density at radius 1 is 0.304 bits per heavy atom. The fourth-order valence-electron chi connectivity index (χ4n) is 7.50. The highest BCUT2D eigenvalue weighted by molar-refractivity contribution is 5.71. The van der Waals surface area contributed by atoms with Crippen LogP contribution in [0.25, 0.3) is 0 Å². The molecule has 0 radical (unpaired) electrons. The predicted octanol–water partition coefficient (Wildman–Crippen LogP) is 19.1. The van der Waals surface area contributed by atoms with E-state index in [9.17, 15) is 14.4 Å². The number of allylic oxidation sites excluding steroid dienone is 18. The Labute approximate surface area is 425 Å². The Hall–Kier alpha value is -3.93. The number of rotatable bonds is 50. The van der Waals surface area contributed by atoms with Crippen molar-refractivity contribution in [3.05, 3.63) is 109 Å². The molecule has 0 heterocycles. The highest BCUT2D eigenvalue weighted by Gasteiger charge is 2.19. The fourth-order valence-corrected chi connectivity index (χ4v) is 7.50. The molecule has 0 spiro atoms. The minimum Gasteiger partial charge on any atom is -0.462 e. The third-order valence-corrected chi connectivity index (χ3v) is 11.8. The van der Waals surface area contributed by atoms with Crippen molar-refractivity contribution < 1.29 is 28.6 Å². The molecule has 0 saturated carbocycles. The molecule has 6 heteroatoms. The van der Waals surface area contributed by atoms with Gasteiger partial charge in [0.15, 0.2) is 6.10 Å². The van der Waals surface area contributed by atoms with E-state index in [1.54, 1.807) is 0 Å². The summed E-state index contributed by atoms with van der Waals surface area (Å²) < 4.78 is 16.8. The van der Waals surface area contributed by atoms with Gasteiger partial charge in [-0.15, -0.1) is 0 Å². The smallest absolute Gasteiger partial charge is 0.306 e. The molecule has 0 aliphatic heterocycles. The van der Waals surface area contributed by atoms with Gasteiger partial charge in [0.25, 0.3) is 0 Å². The molecule has 0 N–H and O–H groups in total. The lowest BCUT2D eigenvalue weighted by atomic mass is 10.0. The number of carbonyl (C=O) groups excluding carboxylic acids is 3. The van der Waals surface area contributed by atoms with Crippen LogP contribution in [0.4, 0.5) is 0 Å². The summed E-state index contributed by atoms with van der Waals surface area (Å²) in [6, 6.07) is 0. The quantitative estimate of drug-likeness (QED) is 0.0262. The molecule has 1 unspecified atom stereocenters. The molecule has 0 aromatic heterocycles. The van der Waals surface area contributed by atoms with Crippen LogP contribution in [0.5, 0.6) is 0 Å². The first-order chi connectivity index (χ1) is 34.0. The lowest BCUT2D eigenvalue weighted by Gasteiger charge is -2.18. The van der Waals surface area contributed by atoms with Gasteiger partial charge in [0, 0.05) is 19.3 Å². The number of hydrogen-bond donors (Lipinski definition) is 0. The van der Waals surface area contributed by atoms with Crippen molar-refractivity contribution in [1.82, 2.24) is 0 Å². The summed E-state index contributed by atoms with van der Waals surface area (Å²) in [6.07, 6.45) is 76.5. The van der Waals surface area contributed by atoms with Gasteiger partial charge in [0.1, 0.15) is 13.2 Å². The third-order valence-electron chi connectivity index (χ3n) is 11.8. The summed E-state index contributed by atoms with van der Waals surface area (Å²) >= 11 is 0. The molecule has 0 aliphatic rings. The molecule has 69 heavy (non-hydrogen) atoms. The van der Waals surface area contributed by atoms with E-state index in [-0.39, 0.29) is 31.1 Å². The monoisotopic (exact) mass is 957 g/mol. The van der Waals surface area contributed by atoms with E-state index >= 15 is 0 Å². The zero-order valence-corrected chi connectivity index (χ0v) is 44.8. The number of unbranched alkanes of at least 4 members (excludes halogenated alkanes) is 21. The third kappa shape index (κ3) is 54.9. The Bertz CT molecular complexity index is 1420. The molecule has 0 fully saturated rings. The van der Waals surface area contributed by atoms with Crippen LogP contribution in [0.2, 0.25) is 0 Å². The lowest BCUT2D eigenvalue weighted by molar-refractivity contribution is -0.167. The van der Waals surface area contributed by atoms with Crippen molar-refractivity contribution >= 4 is 17.9 Å². The van der Waals surface area contributed by atoms with Crippen LogP contribution in [0.3, 0.4) is 0 Å². The highest BCUT2D eigenvalue weighted by Crippen LogP contribution is 2.14. The van der Waals surface area contributed by atoms with Crippen molar-refractivity contribution in [2.45, 2.75) is 258 Å².